The number of nitrogens with zero attached hydrogens (tertiary/aromatic N) is 2. The molecule has 0 aliphatic carbocycles. The molecule has 3 heterocycles. The summed E-state index contributed by atoms with van der Waals surface area (Å²) in [6.07, 6.45) is 0.813. The van der Waals surface area contributed by atoms with Gasteiger partial charge in [0.2, 0.25) is 5.91 Å². The highest BCUT2D eigenvalue weighted by Gasteiger charge is 2.54. The molecule has 3 N–H and O–H groups in total. The standard InChI is InChI=1S/C26H27Cl2N3O7S2.C2HF3O2/c1-31(7-9-38-10-8-31)6-2-3-16-13-40-25-22(24(35)30(25)23(16)26(36)37)29-20(32)14-39-19-12-17(27)15(11-18(19)28)4-5-21(33)34;3-2(4,5)1(6)7/h2-5,11-12,22,25H,6-10,13-14H2,1H3,(H2-,29,32,33,34,36,37);(H,6,7)/b3-2+,5-4+;/t22-,25-;/m1./s1. The summed E-state index contributed by atoms with van der Waals surface area (Å²) in [5.74, 6) is -5.86. The lowest BCUT2D eigenvalue weighted by Gasteiger charge is -2.49. The molecule has 0 radical (unpaired) electrons. The SMILES string of the molecule is C[N+]1(C/C=C/C2=C(C(=O)O)N3C(=O)[C@@H](NC(=O)CSc4cc(Cl)c(/C=C/C(=O)O)cc4Cl)[C@H]3SC2)CCOCC1.O=C([O-])C(F)(F)F. The Morgan fingerprint density at radius 2 is 1.81 bits per heavy atom. The van der Waals surface area contributed by atoms with Crippen molar-refractivity contribution < 1.29 is 61.7 Å². The van der Waals surface area contributed by atoms with Crippen molar-refractivity contribution in [2.24, 2.45) is 0 Å². The lowest BCUT2D eigenvalue weighted by molar-refractivity contribution is -0.911. The first-order valence-corrected chi connectivity index (χ1v) is 16.3. The first-order chi connectivity index (χ1) is 21.9. The van der Waals surface area contributed by atoms with Crippen LogP contribution >= 0.6 is 46.7 Å². The molecule has 4 rings (SSSR count). The normalized spacial score (nSPS) is 20.7. The molecule has 47 heavy (non-hydrogen) atoms. The first kappa shape index (κ1) is 38.2. The number of allylic oxidation sites excluding steroid dienone is 1. The zero-order valence-corrected chi connectivity index (χ0v) is 27.6. The molecule has 2 amide bonds. The van der Waals surface area contributed by atoms with Gasteiger partial charge in [-0.15, -0.1) is 23.5 Å². The minimum atomic E-state index is -5.19. The molecule has 2 saturated heterocycles. The molecule has 12 nitrogen and oxygen atoms in total. The van der Waals surface area contributed by atoms with E-state index in [9.17, 15) is 37.5 Å². The molecule has 2 atom stereocenters. The molecule has 1 aromatic carbocycles. The van der Waals surface area contributed by atoms with Crippen molar-refractivity contribution in [1.29, 1.82) is 0 Å². The molecule has 2 fully saturated rings. The van der Waals surface area contributed by atoms with Crippen molar-refractivity contribution in [3.63, 3.8) is 0 Å². The Bertz CT molecular complexity index is 1520. The number of carbonyl (C=O) groups excluding carboxylic acids is 3. The van der Waals surface area contributed by atoms with E-state index in [1.165, 1.54) is 34.9 Å². The number of carbonyl (C=O) groups is 5. The number of fused-ring (bicyclic) bond motifs is 1. The first-order valence-electron chi connectivity index (χ1n) is 13.5. The summed E-state index contributed by atoms with van der Waals surface area (Å²) >= 11 is 15.0. The van der Waals surface area contributed by atoms with Crippen LogP contribution in [-0.4, -0.2) is 118 Å². The number of alkyl halides is 3. The van der Waals surface area contributed by atoms with E-state index >= 15 is 0 Å². The van der Waals surface area contributed by atoms with E-state index in [4.69, 9.17) is 42.9 Å². The van der Waals surface area contributed by atoms with Crippen LogP contribution in [0.15, 0.2) is 46.5 Å². The molecule has 3 aliphatic heterocycles. The largest absolute Gasteiger partial charge is 0.542 e. The molecule has 0 saturated carbocycles. The summed E-state index contributed by atoms with van der Waals surface area (Å²) in [6, 6.07) is 2.21. The van der Waals surface area contributed by atoms with Crippen LogP contribution in [0.4, 0.5) is 13.2 Å². The summed E-state index contributed by atoms with van der Waals surface area (Å²) in [5, 5.41) is 30.2. The maximum Gasteiger partial charge on any atom is 0.430 e. The van der Waals surface area contributed by atoms with Crippen LogP contribution in [0.2, 0.25) is 10.0 Å². The number of aliphatic carboxylic acids is 3. The molecule has 3 aliphatic rings. The number of ether oxygens (including phenoxy) is 1. The molecule has 0 bridgehead atoms. The fourth-order valence-corrected chi connectivity index (χ4v) is 7.20. The van der Waals surface area contributed by atoms with Gasteiger partial charge in [0.1, 0.15) is 36.2 Å². The third-order valence-corrected chi connectivity index (χ3v) is 10.1. The minimum Gasteiger partial charge on any atom is -0.542 e. The average Bonchev–Trinajstić information content (AvgIpc) is 2.99. The Kier molecular flexibility index (Phi) is 13.2. The summed E-state index contributed by atoms with van der Waals surface area (Å²) in [7, 11) is 2.13. The summed E-state index contributed by atoms with van der Waals surface area (Å²) in [4.78, 5) is 59.0. The number of thioether (sulfide) groups is 2. The molecule has 19 heteroatoms. The molecular formula is C28H28Cl2F3N3O9S2. The Hall–Kier alpha value is -3.22. The topological polar surface area (TPSA) is 173 Å². The van der Waals surface area contributed by atoms with Gasteiger partial charge < -0.3 is 34.7 Å². The fraction of sp³-hybridized carbons (Fsp3) is 0.393. The molecule has 0 spiro atoms. The van der Waals surface area contributed by atoms with Crippen LogP contribution in [-0.2, 0) is 28.7 Å². The number of β-lactam (4-membered cyclic amide) rings is 1. The number of nitrogens with one attached hydrogen (secondary N) is 1. The van der Waals surface area contributed by atoms with E-state index in [1.807, 2.05) is 6.08 Å². The Morgan fingerprint density at radius 3 is 2.38 bits per heavy atom. The van der Waals surface area contributed by atoms with Crippen LogP contribution in [0.3, 0.4) is 0 Å². The Balaban J connectivity index is 0.000000771. The number of hydrogen-bond donors (Lipinski definition) is 3. The smallest absolute Gasteiger partial charge is 0.430 e. The van der Waals surface area contributed by atoms with Gasteiger partial charge in [0.05, 0.1) is 37.6 Å². The second-order valence-corrected chi connectivity index (χ2v) is 13.4. The van der Waals surface area contributed by atoms with Crippen molar-refractivity contribution in [2.75, 3.05) is 51.4 Å². The molecule has 0 unspecified atom stereocenters. The highest BCUT2D eigenvalue weighted by Crippen LogP contribution is 2.41. The number of benzene rings is 1. The minimum absolute atomic E-state index is 0.0482. The third kappa shape index (κ3) is 10.4. The number of rotatable bonds is 10. The van der Waals surface area contributed by atoms with E-state index in [-0.39, 0.29) is 16.5 Å². The van der Waals surface area contributed by atoms with Crippen molar-refractivity contribution in [1.82, 2.24) is 10.2 Å². The van der Waals surface area contributed by atoms with Crippen LogP contribution in [0.5, 0.6) is 0 Å². The van der Waals surface area contributed by atoms with Gasteiger partial charge in [-0.1, -0.05) is 29.3 Å². The van der Waals surface area contributed by atoms with E-state index in [2.05, 4.69) is 12.4 Å². The van der Waals surface area contributed by atoms with Gasteiger partial charge in [-0.25, -0.2) is 9.59 Å². The van der Waals surface area contributed by atoms with Gasteiger partial charge in [-0.2, -0.15) is 13.2 Å². The fourth-order valence-electron chi connectivity index (χ4n) is 4.49. The number of morpholine rings is 1. The molecule has 256 valence electrons. The second-order valence-electron chi connectivity index (χ2n) is 10.4. The van der Waals surface area contributed by atoms with Crippen LogP contribution < -0.4 is 10.4 Å². The molecular weight excluding hydrogens is 714 g/mol. The lowest BCUT2D eigenvalue weighted by atomic mass is 10.0. The van der Waals surface area contributed by atoms with Gasteiger partial charge in [-0.05, 0) is 35.4 Å². The van der Waals surface area contributed by atoms with Gasteiger partial charge in [-0.3, -0.25) is 14.5 Å². The van der Waals surface area contributed by atoms with E-state index < -0.39 is 47.3 Å². The van der Waals surface area contributed by atoms with E-state index in [1.54, 1.807) is 6.08 Å². The van der Waals surface area contributed by atoms with Crippen molar-refractivity contribution in [3.8, 4) is 0 Å². The monoisotopic (exact) mass is 741 g/mol. The Morgan fingerprint density at radius 1 is 1.17 bits per heavy atom. The highest BCUT2D eigenvalue weighted by molar-refractivity contribution is 8.00. The molecule has 1 aromatic rings. The zero-order valence-electron chi connectivity index (χ0n) is 24.4. The summed E-state index contributed by atoms with van der Waals surface area (Å²) in [5.41, 5.74) is 0.939. The van der Waals surface area contributed by atoms with Crippen LogP contribution in [0.1, 0.15) is 5.56 Å². The van der Waals surface area contributed by atoms with Crippen LogP contribution in [0, 0.1) is 0 Å². The third-order valence-electron chi connectivity index (χ3n) is 6.98. The highest BCUT2D eigenvalue weighted by atomic mass is 35.5. The average molecular weight is 743 g/mol. The maximum absolute atomic E-state index is 12.9. The number of carboxylic acids is 3. The van der Waals surface area contributed by atoms with Crippen molar-refractivity contribution in [3.05, 3.63) is 57.2 Å². The van der Waals surface area contributed by atoms with Crippen LogP contribution in [0.25, 0.3) is 6.08 Å². The number of quaternary nitrogens is 1. The number of amides is 2. The quantitative estimate of drug-likeness (QED) is 0.139. The lowest BCUT2D eigenvalue weighted by Crippen LogP contribution is -2.70. The Labute approximate surface area is 284 Å². The van der Waals surface area contributed by atoms with Crippen molar-refractivity contribution >= 4 is 82.5 Å². The molecule has 0 aromatic heterocycles. The number of carboxylic acid groups (broad SMARTS) is 3. The maximum atomic E-state index is 12.9. The number of hydrogen-bond acceptors (Lipinski definition) is 9. The van der Waals surface area contributed by atoms with Gasteiger partial charge in [0.15, 0.2) is 0 Å². The van der Waals surface area contributed by atoms with Gasteiger partial charge in [0.25, 0.3) is 5.91 Å². The van der Waals surface area contributed by atoms with Gasteiger partial charge >= 0.3 is 18.1 Å². The van der Waals surface area contributed by atoms with E-state index in [0.29, 0.717) is 40.0 Å². The summed E-state index contributed by atoms with van der Waals surface area (Å²) in [6.45, 7) is 3.88. The number of likely N-dealkylation sites (N-methyl/N-ethyl adjacent to an activating group) is 1. The number of halogens is 5. The second kappa shape index (κ2) is 16.3. The van der Waals surface area contributed by atoms with E-state index in [0.717, 1.165) is 42.0 Å². The zero-order chi connectivity index (χ0) is 35.1. The summed E-state index contributed by atoms with van der Waals surface area (Å²) < 4.78 is 37.8. The predicted molar refractivity (Wildman–Crippen MR) is 165 cm³/mol. The van der Waals surface area contributed by atoms with Crippen molar-refractivity contribution in [2.45, 2.75) is 22.5 Å². The van der Waals surface area contributed by atoms with Gasteiger partial charge in [0, 0.05) is 21.7 Å². The predicted octanol–water partition coefficient (Wildman–Crippen LogP) is 2.25.